The Hall–Kier alpha value is -1.78. The molecule has 1 aromatic heterocycles. The van der Waals surface area contributed by atoms with Crippen molar-refractivity contribution in [3.63, 3.8) is 0 Å². The molecule has 0 amide bonds. The molecule has 2 aromatic rings. The smallest absolute Gasteiger partial charge is 0.191 e. The van der Waals surface area contributed by atoms with Crippen LogP contribution >= 0.6 is 24.0 Å². The summed E-state index contributed by atoms with van der Waals surface area (Å²) in [5.74, 6) is 2.78. The lowest BCUT2D eigenvalue weighted by Crippen LogP contribution is -2.45. The highest BCUT2D eigenvalue weighted by Crippen LogP contribution is 2.31. The molecule has 1 aromatic carbocycles. The minimum atomic E-state index is 0. The molecule has 4 rings (SSSR count). The number of benzene rings is 1. The van der Waals surface area contributed by atoms with Gasteiger partial charge >= 0.3 is 0 Å². The number of likely N-dealkylation sites (tertiary alicyclic amines) is 2. The van der Waals surface area contributed by atoms with E-state index in [1.807, 2.05) is 19.2 Å². The molecule has 2 atom stereocenters. The molecule has 0 spiro atoms. The molecule has 8 heteroatoms. The van der Waals surface area contributed by atoms with Crippen LogP contribution in [0.15, 0.2) is 52.1 Å². The molecule has 3 heterocycles. The van der Waals surface area contributed by atoms with Gasteiger partial charge in [-0.2, -0.15) is 0 Å². The Balaban J connectivity index is 0.00000306. The molecule has 2 aliphatic heterocycles. The van der Waals surface area contributed by atoms with Gasteiger partial charge in [0, 0.05) is 25.7 Å². The van der Waals surface area contributed by atoms with Gasteiger partial charge in [0.05, 0.1) is 25.5 Å². The lowest BCUT2D eigenvalue weighted by atomic mass is 10.0. The Bertz CT molecular complexity index is 848. The van der Waals surface area contributed by atoms with E-state index in [0.29, 0.717) is 0 Å². The topological polar surface area (TPSA) is 65.3 Å². The van der Waals surface area contributed by atoms with Crippen molar-refractivity contribution in [1.29, 1.82) is 0 Å². The summed E-state index contributed by atoms with van der Waals surface area (Å²) in [7, 11) is 3.59. The molecule has 0 saturated carbocycles. The second kappa shape index (κ2) is 13.2. The van der Waals surface area contributed by atoms with Crippen LogP contribution in [0.4, 0.5) is 0 Å². The highest BCUT2D eigenvalue weighted by Gasteiger charge is 2.27. The van der Waals surface area contributed by atoms with Gasteiger partial charge in [-0.15, -0.1) is 24.0 Å². The largest absolute Gasteiger partial charge is 0.496 e. The molecule has 2 N–H and O–H groups in total. The molecule has 2 aliphatic rings. The molecular formula is C25H38IN5O2. The maximum Gasteiger partial charge on any atom is 0.191 e. The predicted molar refractivity (Wildman–Crippen MR) is 144 cm³/mol. The first-order valence-electron chi connectivity index (χ1n) is 11.9. The Morgan fingerprint density at radius 3 is 2.12 bits per heavy atom. The highest BCUT2D eigenvalue weighted by molar-refractivity contribution is 14.0. The van der Waals surface area contributed by atoms with E-state index in [1.165, 1.54) is 31.2 Å². The van der Waals surface area contributed by atoms with Gasteiger partial charge < -0.3 is 19.8 Å². The van der Waals surface area contributed by atoms with Crippen LogP contribution in [0.2, 0.25) is 0 Å². The van der Waals surface area contributed by atoms with Crippen LogP contribution in [0.25, 0.3) is 0 Å². The number of nitrogens with one attached hydrogen (secondary N) is 2. The van der Waals surface area contributed by atoms with Gasteiger partial charge in [-0.05, 0) is 70.1 Å². The summed E-state index contributed by atoms with van der Waals surface area (Å²) >= 11 is 0. The zero-order valence-electron chi connectivity index (χ0n) is 19.8. The molecule has 2 saturated heterocycles. The van der Waals surface area contributed by atoms with Crippen molar-refractivity contribution in [2.75, 3.05) is 53.4 Å². The van der Waals surface area contributed by atoms with Crippen molar-refractivity contribution in [3.05, 3.63) is 54.0 Å². The molecule has 182 valence electrons. The molecule has 0 bridgehead atoms. The van der Waals surface area contributed by atoms with Crippen molar-refractivity contribution < 1.29 is 9.15 Å². The number of hydrogen-bond acceptors (Lipinski definition) is 5. The first-order chi connectivity index (χ1) is 15.8. The van der Waals surface area contributed by atoms with E-state index in [4.69, 9.17) is 9.15 Å². The number of para-hydroxylation sites is 1. The monoisotopic (exact) mass is 567 g/mol. The van der Waals surface area contributed by atoms with E-state index in [1.54, 1.807) is 13.4 Å². The number of methoxy groups -OCH3 is 1. The summed E-state index contributed by atoms with van der Waals surface area (Å²) in [5, 5.41) is 7.13. The fourth-order valence-electron chi connectivity index (χ4n) is 4.98. The lowest BCUT2D eigenvalue weighted by Gasteiger charge is -2.30. The first-order valence-corrected chi connectivity index (χ1v) is 11.9. The van der Waals surface area contributed by atoms with Crippen LogP contribution in [-0.2, 0) is 0 Å². The Morgan fingerprint density at radius 2 is 1.55 bits per heavy atom. The van der Waals surface area contributed by atoms with Crippen molar-refractivity contribution in [3.8, 4) is 5.75 Å². The van der Waals surface area contributed by atoms with Crippen molar-refractivity contribution >= 4 is 29.9 Å². The van der Waals surface area contributed by atoms with Gasteiger partial charge in [0.15, 0.2) is 5.96 Å². The van der Waals surface area contributed by atoms with Gasteiger partial charge in [0.1, 0.15) is 11.5 Å². The number of rotatable bonds is 9. The predicted octanol–water partition coefficient (Wildman–Crippen LogP) is 4.05. The third-order valence-electron chi connectivity index (χ3n) is 6.68. The lowest BCUT2D eigenvalue weighted by molar-refractivity contribution is 0.215. The van der Waals surface area contributed by atoms with Crippen LogP contribution in [0.1, 0.15) is 49.1 Å². The second-order valence-electron chi connectivity index (χ2n) is 8.61. The van der Waals surface area contributed by atoms with Gasteiger partial charge in [0.25, 0.3) is 0 Å². The maximum atomic E-state index is 5.76. The molecule has 33 heavy (non-hydrogen) atoms. The number of aliphatic imine (C=N–C) groups is 1. The molecule has 0 radical (unpaired) electrons. The number of ether oxygens (including phenoxy) is 1. The third-order valence-corrected chi connectivity index (χ3v) is 6.68. The summed E-state index contributed by atoms with van der Waals surface area (Å²) in [6.07, 6.45) is 6.76. The van der Waals surface area contributed by atoms with E-state index in [0.717, 1.165) is 56.7 Å². The van der Waals surface area contributed by atoms with Crippen molar-refractivity contribution in [2.45, 2.75) is 37.8 Å². The summed E-state index contributed by atoms with van der Waals surface area (Å²) in [6, 6.07) is 12.9. The summed E-state index contributed by atoms with van der Waals surface area (Å²) < 4.78 is 11.4. The van der Waals surface area contributed by atoms with Crippen LogP contribution < -0.4 is 15.4 Å². The van der Waals surface area contributed by atoms with Gasteiger partial charge in [-0.3, -0.25) is 14.8 Å². The molecule has 2 unspecified atom stereocenters. The average Bonchev–Trinajstić information content (AvgIpc) is 3.62. The quantitative estimate of drug-likeness (QED) is 0.271. The summed E-state index contributed by atoms with van der Waals surface area (Å²) in [4.78, 5) is 9.55. The Labute approximate surface area is 215 Å². The molecule has 0 aliphatic carbocycles. The molecular weight excluding hydrogens is 529 g/mol. The van der Waals surface area contributed by atoms with E-state index in [2.05, 4.69) is 49.7 Å². The Morgan fingerprint density at radius 1 is 0.939 bits per heavy atom. The zero-order valence-corrected chi connectivity index (χ0v) is 22.2. The van der Waals surface area contributed by atoms with E-state index in [-0.39, 0.29) is 36.1 Å². The van der Waals surface area contributed by atoms with Gasteiger partial charge in [0.2, 0.25) is 0 Å². The fraction of sp³-hybridized carbons (Fsp3) is 0.560. The van der Waals surface area contributed by atoms with Gasteiger partial charge in [-0.25, -0.2) is 0 Å². The molecule has 2 fully saturated rings. The van der Waals surface area contributed by atoms with E-state index in [9.17, 15) is 0 Å². The van der Waals surface area contributed by atoms with Gasteiger partial charge in [-0.1, -0.05) is 18.2 Å². The van der Waals surface area contributed by atoms with Crippen molar-refractivity contribution in [1.82, 2.24) is 20.4 Å². The first kappa shape index (κ1) is 25.8. The minimum absolute atomic E-state index is 0. The summed E-state index contributed by atoms with van der Waals surface area (Å²) in [5.41, 5.74) is 1.23. The molecule has 7 nitrogen and oxygen atoms in total. The van der Waals surface area contributed by atoms with E-state index < -0.39 is 0 Å². The number of halogens is 1. The normalized spacial score (nSPS) is 19.2. The third kappa shape index (κ3) is 6.64. The standard InChI is InChI=1S/C25H37N5O2.HI/c1-26-25(28-19-22(24-12-9-17-32-24)30-15-7-8-16-30)27-18-21(29-13-5-6-14-29)20-10-3-4-11-23(20)31-2;/h3-4,9-12,17,21-22H,5-8,13-16,18-19H2,1-2H3,(H2,26,27,28);1H. The Kier molecular flexibility index (Phi) is 10.3. The van der Waals surface area contributed by atoms with Crippen LogP contribution in [-0.4, -0.2) is 69.2 Å². The van der Waals surface area contributed by atoms with Crippen LogP contribution in [0, 0.1) is 0 Å². The maximum absolute atomic E-state index is 5.76. The number of hydrogen-bond donors (Lipinski definition) is 2. The number of guanidine groups is 1. The highest BCUT2D eigenvalue weighted by atomic mass is 127. The second-order valence-corrected chi connectivity index (χ2v) is 8.61. The minimum Gasteiger partial charge on any atom is -0.496 e. The van der Waals surface area contributed by atoms with E-state index >= 15 is 0 Å². The number of furan rings is 1. The fourth-order valence-corrected chi connectivity index (χ4v) is 4.98. The van der Waals surface area contributed by atoms with Crippen LogP contribution in [0.3, 0.4) is 0 Å². The SMILES string of the molecule is CN=C(NCC(c1ccco1)N1CCCC1)NCC(c1ccccc1OC)N1CCCC1.I. The summed E-state index contributed by atoms with van der Waals surface area (Å²) in [6.45, 7) is 6.00. The van der Waals surface area contributed by atoms with Crippen molar-refractivity contribution in [2.24, 2.45) is 4.99 Å². The number of nitrogens with zero attached hydrogens (tertiary/aromatic N) is 3. The van der Waals surface area contributed by atoms with Crippen LogP contribution in [0.5, 0.6) is 5.75 Å². The average molecular weight is 568 g/mol. The zero-order chi connectivity index (χ0) is 22.2.